The Bertz CT molecular complexity index is 604. The summed E-state index contributed by atoms with van der Waals surface area (Å²) in [5.41, 5.74) is 0. The standard InChI is InChI=1S/C18H23NO2/c1-4-13(3)19-18(20)16(5-2)21-17-12-8-10-14-9-6-7-11-15(14)17/h6-13,16H,4-5H2,1-3H3,(H,19,20)/t13-,16-/m1/s1. The molecule has 2 aromatic carbocycles. The van der Waals surface area contributed by atoms with E-state index in [4.69, 9.17) is 4.74 Å². The highest BCUT2D eigenvalue weighted by Crippen LogP contribution is 2.26. The number of rotatable bonds is 6. The molecule has 0 spiro atoms. The van der Waals surface area contributed by atoms with Crippen molar-refractivity contribution in [2.45, 2.75) is 45.8 Å². The summed E-state index contributed by atoms with van der Waals surface area (Å²) in [4.78, 5) is 12.2. The summed E-state index contributed by atoms with van der Waals surface area (Å²) in [6.07, 6.45) is 1.10. The van der Waals surface area contributed by atoms with Crippen LogP contribution >= 0.6 is 0 Å². The minimum absolute atomic E-state index is 0.0419. The Morgan fingerprint density at radius 3 is 2.52 bits per heavy atom. The van der Waals surface area contributed by atoms with Crippen LogP contribution in [0.25, 0.3) is 10.8 Å². The zero-order chi connectivity index (χ0) is 15.2. The van der Waals surface area contributed by atoms with Crippen molar-refractivity contribution in [3.63, 3.8) is 0 Å². The third kappa shape index (κ3) is 3.75. The van der Waals surface area contributed by atoms with E-state index in [2.05, 4.69) is 12.2 Å². The van der Waals surface area contributed by atoms with Gasteiger partial charge in [-0.15, -0.1) is 0 Å². The Kier molecular flexibility index (Phi) is 5.20. The average Bonchev–Trinajstić information content (AvgIpc) is 2.52. The van der Waals surface area contributed by atoms with Gasteiger partial charge in [0.25, 0.3) is 5.91 Å². The number of carbonyl (C=O) groups excluding carboxylic acids is 1. The van der Waals surface area contributed by atoms with Gasteiger partial charge in [0.15, 0.2) is 6.10 Å². The second-order valence-corrected chi connectivity index (χ2v) is 5.31. The van der Waals surface area contributed by atoms with Gasteiger partial charge in [0, 0.05) is 11.4 Å². The van der Waals surface area contributed by atoms with Crippen LogP contribution in [0.4, 0.5) is 0 Å². The fourth-order valence-corrected chi connectivity index (χ4v) is 2.21. The van der Waals surface area contributed by atoms with E-state index in [9.17, 15) is 4.79 Å². The van der Waals surface area contributed by atoms with Gasteiger partial charge >= 0.3 is 0 Å². The number of hydrogen-bond donors (Lipinski definition) is 1. The van der Waals surface area contributed by atoms with Gasteiger partial charge in [-0.2, -0.15) is 0 Å². The molecule has 3 heteroatoms. The first-order valence-electron chi connectivity index (χ1n) is 7.60. The molecular weight excluding hydrogens is 262 g/mol. The van der Waals surface area contributed by atoms with E-state index in [-0.39, 0.29) is 11.9 Å². The maximum absolute atomic E-state index is 12.2. The molecule has 21 heavy (non-hydrogen) atoms. The van der Waals surface area contributed by atoms with Crippen molar-refractivity contribution in [2.24, 2.45) is 0 Å². The molecule has 0 bridgehead atoms. The van der Waals surface area contributed by atoms with Crippen LogP contribution in [-0.2, 0) is 4.79 Å². The third-order valence-electron chi connectivity index (χ3n) is 3.68. The molecule has 2 aromatic rings. The smallest absolute Gasteiger partial charge is 0.261 e. The molecule has 2 atom stereocenters. The molecule has 112 valence electrons. The molecule has 1 amide bonds. The zero-order valence-corrected chi connectivity index (χ0v) is 12.9. The van der Waals surface area contributed by atoms with E-state index in [1.807, 2.05) is 56.3 Å². The van der Waals surface area contributed by atoms with Crippen LogP contribution in [-0.4, -0.2) is 18.1 Å². The van der Waals surface area contributed by atoms with E-state index >= 15 is 0 Å². The molecule has 3 nitrogen and oxygen atoms in total. The minimum atomic E-state index is -0.454. The van der Waals surface area contributed by atoms with E-state index < -0.39 is 6.10 Å². The number of nitrogens with one attached hydrogen (secondary N) is 1. The zero-order valence-electron chi connectivity index (χ0n) is 12.9. The lowest BCUT2D eigenvalue weighted by molar-refractivity contribution is -0.128. The molecule has 0 saturated heterocycles. The van der Waals surface area contributed by atoms with Gasteiger partial charge in [0.2, 0.25) is 0 Å². The Morgan fingerprint density at radius 2 is 1.81 bits per heavy atom. The van der Waals surface area contributed by atoms with Crippen molar-refractivity contribution in [1.82, 2.24) is 5.32 Å². The van der Waals surface area contributed by atoms with Crippen LogP contribution < -0.4 is 10.1 Å². The summed E-state index contributed by atoms with van der Waals surface area (Å²) in [7, 11) is 0. The Labute approximate surface area is 126 Å². The van der Waals surface area contributed by atoms with Crippen LogP contribution in [0.3, 0.4) is 0 Å². The van der Waals surface area contributed by atoms with Gasteiger partial charge in [0.05, 0.1) is 0 Å². The van der Waals surface area contributed by atoms with E-state index in [0.29, 0.717) is 6.42 Å². The molecule has 0 unspecified atom stereocenters. The normalized spacial score (nSPS) is 13.7. The highest BCUT2D eigenvalue weighted by molar-refractivity contribution is 5.89. The van der Waals surface area contributed by atoms with Gasteiger partial charge in [-0.1, -0.05) is 50.2 Å². The van der Waals surface area contributed by atoms with E-state index in [1.165, 1.54) is 0 Å². The lowest BCUT2D eigenvalue weighted by Gasteiger charge is -2.20. The van der Waals surface area contributed by atoms with Crippen molar-refractivity contribution >= 4 is 16.7 Å². The van der Waals surface area contributed by atoms with Crippen molar-refractivity contribution in [1.29, 1.82) is 0 Å². The largest absolute Gasteiger partial charge is 0.480 e. The first-order valence-corrected chi connectivity index (χ1v) is 7.60. The van der Waals surface area contributed by atoms with E-state index in [1.54, 1.807) is 0 Å². The second-order valence-electron chi connectivity index (χ2n) is 5.31. The first kappa shape index (κ1) is 15.4. The molecule has 0 fully saturated rings. The van der Waals surface area contributed by atoms with Crippen molar-refractivity contribution in [3.05, 3.63) is 42.5 Å². The van der Waals surface area contributed by atoms with Crippen LogP contribution in [0.2, 0.25) is 0 Å². The average molecular weight is 285 g/mol. The molecule has 0 aliphatic rings. The molecule has 0 aromatic heterocycles. The van der Waals surface area contributed by atoms with E-state index in [0.717, 1.165) is 22.9 Å². The molecular formula is C18H23NO2. The Morgan fingerprint density at radius 1 is 1.10 bits per heavy atom. The number of benzene rings is 2. The summed E-state index contributed by atoms with van der Waals surface area (Å²) >= 11 is 0. The molecule has 0 aliphatic heterocycles. The van der Waals surface area contributed by atoms with Crippen molar-refractivity contribution in [3.8, 4) is 5.75 Å². The van der Waals surface area contributed by atoms with Gasteiger partial charge in [-0.3, -0.25) is 4.79 Å². The topological polar surface area (TPSA) is 38.3 Å². The number of hydrogen-bond acceptors (Lipinski definition) is 2. The number of carbonyl (C=O) groups is 1. The lowest BCUT2D eigenvalue weighted by Crippen LogP contribution is -2.42. The van der Waals surface area contributed by atoms with Gasteiger partial charge in [-0.25, -0.2) is 0 Å². The van der Waals surface area contributed by atoms with Gasteiger partial charge in [-0.05, 0) is 31.2 Å². The highest BCUT2D eigenvalue weighted by atomic mass is 16.5. The SMILES string of the molecule is CC[C@@H](C)NC(=O)[C@@H](CC)Oc1cccc2ccccc12. The predicted octanol–water partition coefficient (Wildman–Crippen LogP) is 3.91. The van der Waals surface area contributed by atoms with Crippen molar-refractivity contribution < 1.29 is 9.53 Å². The Hall–Kier alpha value is -2.03. The number of fused-ring (bicyclic) bond motifs is 1. The molecule has 1 N–H and O–H groups in total. The number of ether oxygens (including phenoxy) is 1. The molecule has 2 rings (SSSR count). The summed E-state index contributed by atoms with van der Waals surface area (Å²) < 4.78 is 5.97. The van der Waals surface area contributed by atoms with Gasteiger partial charge in [0.1, 0.15) is 5.75 Å². The van der Waals surface area contributed by atoms with Gasteiger partial charge < -0.3 is 10.1 Å². The summed E-state index contributed by atoms with van der Waals surface area (Å²) in [6, 6.07) is 14.1. The third-order valence-corrected chi connectivity index (χ3v) is 3.68. The maximum Gasteiger partial charge on any atom is 0.261 e. The lowest BCUT2D eigenvalue weighted by atomic mass is 10.1. The van der Waals surface area contributed by atoms with Crippen LogP contribution in [0.1, 0.15) is 33.6 Å². The molecule has 0 heterocycles. The van der Waals surface area contributed by atoms with Crippen molar-refractivity contribution in [2.75, 3.05) is 0 Å². The molecule has 0 radical (unpaired) electrons. The second kappa shape index (κ2) is 7.11. The summed E-state index contributed by atoms with van der Waals surface area (Å²) in [5.74, 6) is 0.721. The predicted molar refractivity (Wildman–Crippen MR) is 86.6 cm³/mol. The summed E-state index contributed by atoms with van der Waals surface area (Å²) in [5, 5.41) is 5.14. The molecule has 0 aliphatic carbocycles. The quantitative estimate of drug-likeness (QED) is 0.873. The maximum atomic E-state index is 12.2. The summed E-state index contributed by atoms with van der Waals surface area (Å²) in [6.45, 7) is 6.02. The first-order chi connectivity index (χ1) is 10.2. The fraction of sp³-hybridized carbons (Fsp3) is 0.389. The highest BCUT2D eigenvalue weighted by Gasteiger charge is 2.20. The van der Waals surface area contributed by atoms with Crippen LogP contribution in [0.15, 0.2) is 42.5 Å². The minimum Gasteiger partial charge on any atom is -0.480 e. The fourth-order valence-electron chi connectivity index (χ4n) is 2.21. The van der Waals surface area contributed by atoms with Crippen LogP contribution in [0.5, 0.6) is 5.75 Å². The Balaban J connectivity index is 2.19. The number of amides is 1. The van der Waals surface area contributed by atoms with Crippen LogP contribution in [0, 0.1) is 0 Å². The molecule has 0 saturated carbocycles. The monoisotopic (exact) mass is 285 g/mol.